The van der Waals surface area contributed by atoms with Gasteiger partial charge in [-0.2, -0.15) is 0 Å². The molecule has 0 atom stereocenters. The zero-order valence-corrected chi connectivity index (χ0v) is 14.1. The summed E-state index contributed by atoms with van der Waals surface area (Å²) in [6.07, 6.45) is 0.328. The molecule has 0 aliphatic carbocycles. The van der Waals surface area contributed by atoms with Crippen molar-refractivity contribution >= 4 is 44.8 Å². The van der Waals surface area contributed by atoms with Gasteiger partial charge in [0.25, 0.3) is 0 Å². The molecule has 0 bridgehead atoms. The summed E-state index contributed by atoms with van der Waals surface area (Å²) in [6, 6.07) is 7.95. The molecule has 6 heteroatoms. The lowest BCUT2D eigenvalue weighted by atomic mass is 10.2. The van der Waals surface area contributed by atoms with Crippen LogP contribution in [0.5, 0.6) is 0 Å². The first-order chi connectivity index (χ1) is 9.58. The third-order valence-electron chi connectivity index (χ3n) is 2.80. The first-order valence-electron chi connectivity index (χ1n) is 6.06. The van der Waals surface area contributed by atoms with Crippen LogP contribution in [0.4, 0.5) is 0 Å². The van der Waals surface area contributed by atoms with Gasteiger partial charge in [-0.25, -0.2) is 4.98 Å². The summed E-state index contributed by atoms with van der Waals surface area (Å²) in [5, 5.41) is 2.71. The number of rotatable bonds is 5. The van der Waals surface area contributed by atoms with Crippen molar-refractivity contribution in [2.24, 2.45) is 0 Å². The molecule has 0 fully saturated rings. The number of carbonyl (C=O) groups is 1. The molecule has 0 N–H and O–H groups in total. The van der Waals surface area contributed by atoms with Crippen LogP contribution < -0.4 is 0 Å². The van der Waals surface area contributed by atoms with Crippen LogP contribution in [0.2, 0.25) is 0 Å². The standard InChI is InChI=1S/C14H14BrClN2OS/c1-18(8-10-2-4-11(15)5-3-10)14(19)6-13-17-12(7-16)9-20-13/h2-5,9H,6-8H2,1H3. The Morgan fingerprint density at radius 1 is 1.40 bits per heavy atom. The largest absolute Gasteiger partial charge is 0.341 e. The molecule has 0 saturated heterocycles. The van der Waals surface area contributed by atoms with Crippen LogP contribution in [0.25, 0.3) is 0 Å². The normalized spacial score (nSPS) is 10.6. The fourth-order valence-corrected chi connectivity index (χ4v) is 2.99. The molecule has 0 spiro atoms. The highest BCUT2D eigenvalue weighted by atomic mass is 79.9. The number of alkyl halides is 1. The Bertz CT molecular complexity index is 585. The Labute approximate surface area is 135 Å². The van der Waals surface area contributed by atoms with Gasteiger partial charge >= 0.3 is 0 Å². The minimum Gasteiger partial charge on any atom is -0.341 e. The summed E-state index contributed by atoms with van der Waals surface area (Å²) in [7, 11) is 1.81. The van der Waals surface area contributed by atoms with Gasteiger partial charge in [-0.1, -0.05) is 28.1 Å². The Hall–Kier alpha value is -0.910. The Morgan fingerprint density at radius 3 is 2.70 bits per heavy atom. The SMILES string of the molecule is CN(Cc1ccc(Br)cc1)C(=O)Cc1nc(CCl)cs1. The van der Waals surface area contributed by atoms with Gasteiger partial charge in [0.05, 0.1) is 18.0 Å². The summed E-state index contributed by atoms with van der Waals surface area (Å²) < 4.78 is 1.03. The molecule has 0 aliphatic heterocycles. The average Bonchev–Trinajstić information content (AvgIpc) is 2.89. The third kappa shape index (κ3) is 4.30. The number of thiazole rings is 1. The Kier molecular flexibility index (Phi) is 5.57. The van der Waals surface area contributed by atoms with E-state index >= 15 is 0 Å². The maximum atomic E-state index is 12.1. The molecule has 1 heterocycles. The molecule has 0 aliphatic rings. The van der Waals surface area contributed by atoms with E-state index in [4.69, 9.17) is 11.6 Å². The van der Waals surface area contributed by atoms with Crippen molar-refractivity contribution in [1.82, 2.24) is 9.88 Å². The van der Waals surface area contributed by atoms with E-state index < -0.39 is 0 Å². The van der Waals surface area contributed by atoms with Gasteiger partial charge in [0.2, 0.25) is 5.91 Å². The molecule has 0 radical (unpaired) electrons. The fraction of sp³-hybridized carbons (Fsp3) is 0.286. The van der Waals surface area contributed by atoms with E-state index in [0.717, 1.165) is 20.7 Å². The quantitative estimate of drug-likeness (QED) is 0.746. The van der Waals surface area contributed by atoms with Crippen molar-refractivity contribution in [2.75, 3.05) is 7.05 Å². The van der Waals surface area contributed by atoms with E-state index in [1.54, 1.807) is 11.9 Å². The molecule has 1 amide bonds. The molecular weight excluding hydrogens is 360 g/mol. The van der Waals surface area contributed by atoms with E-state index in [-0.39, 0.29) is 5.91 Å². The number of aromatic nitrogens is 1. The van der Waals surface area contributed by atoms with Crippen molar-refractivity contribution in [3.05, 3.63) is 50.4 Å². The summed E-state index contributed by atoms with van der Waals surface area (Å²) in [5.74, 6) is 0.447. The second-order valence-electron chi connectivity index (χ2n) is 4.42. The van der Waals surface area contributed by atoms with Gasteiger partial charge in [0.1, 0.15) is 5.01 Å². The van der Waals surface area contributed by atoms with E-state index in [0.29, 0.717) is 18.8 Å². The summed E-state index contributed by atoms with van der Waals surface area (Å²) >= 11 is 10.6. The monoisotopic (exact) mass is 372 g/mol. The van der Waals surface area contributed by atoms with E-state index in [1.165, 1.54) is 11.3 Å². The van der Waals surface area contributed by atoms with Crippen molar-refractivity contribution in [2.45, 2.75) is 18.8 Å². The van der Waals surface area contributed by atoms with Crippen molar-refractivity contribution in [3.63, 3.8) is 0 Å². The average molecular weight is 374 g/mol. The highest BCUT2D eigenvalue weighted by molar-refractivity contribution is 9.10. The molecule has 106 valence electrons. The Balaban J connectivity index is 1.93. The molecule has 2 rings (SSSR count). The highest BCUT2D eigenvalue weighted by Gasteiger charge is 2.12. The fourth-order valence-electron chi connectivity index (χ4n) is 1.71. The lowest BCUT2D eigenvalue weighted by Crippen LogP contribution is -2.27. The first kappa shape index (κ1) is 15.5. The van der Waals surface area contributed by atoms with Crippen LogP contribution in [0, 0.1) is 0 Å². The molecule has 1 aromatic carbocycles. The van der Waals surface area contributed by atoms with E-state index in [2.05, 4.69) is 20.9 Å². The van der Waals surface area contributed by atoms with Gasteiger partial charge < -0.3 is 4.90 Å². The predicted molar refractivity (Wildman–Crippen MR) is 86.0 cm³/mol. The van der Waals surface area contributed by atoms with Gasteiger partial charge in [0, 0.05) is 23.4 Å². The van der Waals surface area contributed by atoms with Crippen LogP contribution in [0.3, 0.4) is 0 Å². The van der Waals surface area contributed by atoms with Crippen molar-refractivity contribution < 1.29 is 4.79 Å². The molecule has 20 heavy (non-hydrogen) atoms. The molecule has 0 saturated carbocycles. The van der Waals surface area contributed by atoms with Gasteiger partial charge in [-0.15, -0.1) is 22.9 Å². The number of likely N-dealkylation sites (N-methyl/N-ethyl adjacent to an activating group) is 1. The number of amides is 1. The summed E-state index contributed by atoms with van der Waals surface area (Å²) in [6.45, 7) is 0.597. The van der Waals surface area contributed by atoms with Crippen molar-refractivity contribution in [1.29, 1.82) is 0 Å². The number of hydrogen-bond acceptors (Lipinski definition) is 3. The highest BCUT2D eigenvalue weighted by Crippen LogP contribution is 2.15. The first-order valence-corrected chi connectivity index (χ1v) is 8.27. The van der Waals surface area contributed by atoms with E-state index in [1.807, 2.05) is 29.6 Å². The van der Waals surface area contributed by atoms with E-state index in [9.17, 15) is 4.79 Å². The number of benzene rings is 1. The minimum atomic E-state index is 0.0587. The zero-order valence-electron chi connectivity index (χ0n) is 11.0. The minimum absolute atomic E-state index is 0.0587. The van der Waals surface area contributed by atoms with Crippen LogP contribution in [0.15, 0.2) is 34.1 Å². The van der Waals surface area contributed by atoms with Gasteiger partial charge in [-0.3, -0.25) is 4.79 Å². The maximum Gasteiger partial charge on any atom is 0.229 e. The maximum absolute atomic E-state index is 12.1. The number of halogens is 2. The summed E-state index contributed by atoms with van der Waals surface area (Å²) in [5.41, 5.74) is 1.93. The third-order valence-corrected chi connectivity index (χ3v) is 4.50. The van der Waals surface area contributed by atoms with Crippen LogP contribution in [-0.4, -0.2) is 22.8 Å². The smallest absolute Gasteiger partial charge is 0.229 e. The van der Waals surface area contributed by atoms with Crippen LogP contribution in [0.1, 0.15) is 16.3 Å². The molecule has 2 aromatic rings. The lowest BCUT2D eigenvalue weighted by Gasteiger charge is -2.16. The van der Waals surface area contributed by atoms with Crippen LogP contribution in [-0.2, 0) is 23.6 Å². The molecule has 1 aromatic heterocycles. The number of nitrogens with zero attached hydrogens (tertiary/aromatic N) is 2. The second kappa shape index (κ2) is 7.20. The van der Waals surface area contributed by atoms with Crippen molar-refractivity contribution in [3.8, 4) is 0 Å². The zero-order chi connectivity index (χ0) is 14.5. The second-order valence-corrected chi connectivity index (χ2v) is 6.54. The Morgan fingerprint density at radius 2 is 2.10 bits per heavy atom. The lowest BCUT2D eigenvalue weighted by molar-refractivity contribution is -0.129. The van der Waals surface area contributed by atoms with Crippen LogP contribution >= 0.6 is 38.9 Å². The number of hydrogen-bond donors (Lipinski definition) is 0. The topological polar surface area (TPSA) is 33.2 Å². The van der Waals surface area contributed by atoms with Gasteiger partial charge in [0.15, 0.2) is 0 Å². The summed E-state index contributed by atoms with van der Waals surface area (Å²) in [4.78, 5) is 18.1. The molecule has 0 unspecified atom stereocenters. The molecular formula is C14H14BrClN2OS. The predicted octanol–water partition coefficient (Wildman–Crippen LogP) is 3.85. The number of carbonyl (C=O) groups excluding carboxylic acids is 1. The van der Waals surface area contributed by atoms with Gasteiger partial charge in [-0.05, 0) is 17.7 Å². The molecule has 3 nitrogen and oxygen atoms in total.